The SMILES string of the molecule is CN(Cc1ccccc1)S(=O)(=O)c1cc(C(=O)CBr)ccc1OCc1ccccc1. The monoisotopic (exact) mass is 487 g/mol. The second kappa shape index (κ2) is 10.0. The Bertz CT molecular complexity index is 1100. The van der Waals surface area contributed by atoms with Crippen LogP contribution >= 0.6 is 15.9 Å². The van der Waals surface area contributed by atoms with Crippen molar-refractivity contribution in [2.45, 2.75) is 18.0 Å². The molecule has 0 aliphatic rings. The minimum atomic E-state index is -3.90. The van der Waals surface area contributed by atoms with Crippen LogP contribution in [0.2, 0.25) is 0 Å². The van der Waals surface area contributed by atoms with E-state index >= 15 is 0 Å². The average Bonchev–Trinajstić information content (AvgIpc) is 2.78. The van der Waals surface area contributed by atoms with E-state index in [-0.39, 0.29) is 34.9 Å². The van der Waals surface area contributed by atoms with Crippen molar-refractivity contribution >= 4 is 31.7 Å². The Balaban J connectivity index is 1.94. The molecule has 3 aromatic carbocycles. The highest BCUT2D eigenvalue weighted by atomic mass is 79.9. The molecular weight excluding hydrogens is 466 g/mol. The number of ketones is 1. The van der Waals surface area contributed by atoms with Gasteiger partial charge in [0.15, 0.2) is 5.78 Å². The van der Waals surface area contributed by atoms with E-state index in [2.05, 4.69) is 15.9 Å². The number of halogens is 1. The first kappa shape index (κ1) is 22.2. The summed E-state index contributed by atoms with van der Waals surface area (Å²) < 4.78 is 33.8. The predicted octanol–water partition coefficient (Wildman–Crippen LogP) is 4.66. The molecule has 156 valence electrons. The third-order valence-electron chi connectivity index (χ3n) is 4.56. The molecule has 0 saturated heterocycles. The maximum Gasteiger partial charge on any atom is 0.246 e. The summed E-state index contributed by atoms with van der Waals surface area (Å²) in [6.45, 7) is 0.426. The maximum absolute atomic E-state index is 13.4. The fraction of sp³-hybridized carbons (Fsp3) is 0.174. The van der Waals surface area contributed by atoms with Gasteiger partial charge in [0.25, 0.3) is 0 Å². The molecule has 0 spiro atoms. The molecule has 5 nitrogen and oxygen atoms in total. The fourth-order valence-electron chi connectivity index (χ4n) is 2.91. The summed E-state index contributed by atoms with van der Waals surface area (Å²) >= 11 is 3.14. The van der Waals surface area contributed by atoms with E-state index in [0.29, 0.717) is 5.56 Å². The molecule has 0 bridgehead atoms. The molecule has 7 heteroatoms. The van der Waals surface area contributed by atoms with Gasteiger partial charge in [0.05, 0.1) is 5.33 Å². The minimum absolute atomic E-state index is 0.0244. The molecule has 3 aromatic rings. The first-order valence-corrected chi connectivity index (χ1v) is 11.9. The largest absolute Gasteiger partial charge is 0.487 e. The predicted molar refractivity (Wildman–Crippen MR) is 120 cm³/mol. The Kier molecular flexibility index (Phi) is 7.42. The van der Waals surface area contributed by atoms with Crippen LogP contribution in [0, 0.1) is 0 Å². The number of benzene rings is 3. The van der Waals surface area contributed by atoms with Gasteiger partial charge in [-0.05, 0) is 29.3 Å². The molecular formula is C23H22BrNO4S. The molecule has 3 rings (SSSR count). The number of nitrogens with zero attached hydrogens (tertiary/aromatic N) is 1. The van der Waals surface area contributed by atoms with Gasteiger partial charge in [-0.2, -0.15) is 4.31 Å². The topological polar surface area (TPSA) is 63.7 Å². The smallest absolute Gasteiger partial charge is 0.246 e. The summed E-state index contributed by atoms with van der Waals surface area (Å²) in [5.74, 6) is 0.0108. The molecule has 0 aliphatic heterocycles. The van der Waals surface area contributed by atoms with Crippen LogP contribution in [0.4, 0.5) is 0 Å². The van der Waals surface area contributed by atoms with Gasteiger partial charge in [-0.3, -0.25) is 4.79 Å². The van der Waals surface area contributed by atoms with E-state index in [1.165, 1.54) is 17.4 Å². The van der Waals surface area contributed by atoms with Crippen LogP contribution in [0.5, 0.6) is 5.75 Å². The van der Waals surface area contributed by atoms with E-state index in [4.69, 9.17) is 4.74 Å². The number of carbonyl (C=O) groups is 1. The zero-order chi connectivity index (χ0) is 21.6. The van der Waals surface area contributed by atoms with Gasteiger partial charge >= 0.3 is 0 Å². The number of sulfonamides is 1. The number of alkyl halides is 1. The average molecular weight is 488 g/mol. The van der Waals surface area contributed by atoms with Crippen molar-refractivity contribution in [1.82, 2.24) is 4.31 Å². The molecule has 0 unspecified atom stereocenters. The van der Waals surface area contributed by atoms with E-state index in [1.807, 2.05) is 60.7 Å². The van der Waals surface area contributed by atoms with E-state index in [0.717, 1.165) is 11.1 Å². The van der Waals surface area contributed by atoms with Crippen molar-refractivity contribution < 1.29 is 17.9 Å². The number of rotatable bonds is 9. The minimum Gasteiger partial charge on any atom is -0.487 e. The summed E-state index contributed by atoms with van der Waals surface area (Å²) in [5.41, 5.74) is 2.09. The Morgan fingerprint density at radius 3 is 2.13 bits per heavy atom. The lowest BCUT2D eigenvalue weighted by Crippen LogP contribution is -2.27. The number of carbonyl (C=O) groups excluding carboxylic acids is 1. The lowest BCUT2D eigenvalue weighted by atomic mass is 10.1. The van der Waals surface area contributed by atoms with Gasteiger partial charge in [0.2, 0.25) is 10.0 Å². The normalized spacial score (nSPS) is 11.4. The van der Waals surface area contributed by atoms with Crippen molar-refractivity contribution in [1.29, 1.82) is 0 Å². The van der Waals surface area contributed by atoms with Crippen LogP contribution in [0.1, 0.15) is 21.5 Å². The third kappa shape index (κ3) is 5.36. The summed E-state index contributed by atoms with van der Waals surface area (Å²) in [5, 5.41) is 0.108. The van der Waals surface area contributed by atoms with E-state index in [1.54, 1.807) is 12.1 Å². The molecule has 0 amide bonds. The Hall–Kier alpha value is -2.48. The Labute approximate surface area is 185 Å². The highest BCUT2D eigenvalue weighted by Crippen LogP contribution is 2.29. The summed E-state index contributed by atoms with van der Waals surface area (Å²) in [6, 6.07) is 23.3. The molecule has 0 heterocycles. The molecule has 0 aliphatic carbocycles. The second-order valence-electron chi connectivity index (χ2n) is 6.74. The van der Waals surface area contributed by atoms with Crippen LogP contribution in [0.15, 0.2) is 83.8 Å². The lowest BCUT2D eigenvalue weighted by Gasteiger charge is -2.20. The molecule has 0 radical (unpaired) electrons. The van der Waals surface area contributed by atoms with Crippen molar-refractivity contribution in [3.8, 4) is 5.75 Å². The van der Waals surface area contributed by atoms with Crippen LogP contribution < -0.4 is 4.74 Å². The van der Waals surface area contributed by atoms with E-state index < -0.39 is 10.0 Å². The number of hydrogen-bond acceptors (Lipinski definition) is 4. The summed E-state index contributed by atoms with van der Waals surface area (Å²) in [6.07, 6.45) is 0. The molecule has 0 saturated carbocycles. The zero-order valence-corrected chi connectivity index (χ0v) is 18.9. The second-order valence-corrected chi connectivity index (χ2v) is 9.31. The van der Waals surface area contributed by atoms with Crippen molar-refractivity contribution in [3.05, 3.63) is 95.6 Å². The van der Waals surface area contributed by atoms with Crippen molar-refractivity contribution in [3.63, 3.8) is 0 Å². The van der Waals surface area contributed by atoms with Gasteiger partial charge < -0.3 is 4.74 Å². The van der Waals surface area contributed by atoms with Crippen molar-refractivity contribution in [2.75, 3.05) is 12.4 Å². The molecule has 0 N–H and O–H groups in total. The number of Topliss-reactive ketones (excluding diaryl/α,β-unsaturated/α-hetero) is 1. The van der Waals surface area contributed by atoms with Crippen LogP contribution in [0.3, 0.4) is 0 Å². The fourth-order valence-corrected chi connectivity index (χ4v) is 4.54. The van der Waals surface area contributed by atoms with Gasteiger partial charge in [0.1, 0.15) is 17.3 Å². The highest BCUT2D eigenvalue weighted by Gasteiger charge is 2.26. The molecule has 30 heavy (non-hydrogen) atoms. The van der Waals surface area contributed by atoms with E-state index in [9.17, 15) is 13.2 Å². The van der Waals surface area contributed by atoms with Gasteiger partial charge in [-0.1, -0.05) is 76.6 Å². The number of ether oxygens (including phenoxy) is 1. The van der Waals surface area contributed by atoms with Gasteiger partial charge in [-0.15, -0.1) is 0 Å². The Morgan fingerprint density at radius 1 is 0.933 bits per heavy atom. The third-order valence-corrected chi connectivity index (χ3v) is 6.89. The van der Waals surface area contributed by atoms with Gasteiger partial charge in [-0.25, -0.2) is 8.42 Å². The molecule has 0 atom stereocenters. The first-order valence-electron chi connectivity index (χ1n) is 9.32. The maximum atomic E-state index is 13.4. The van der Waals surface area contributed by atoms with Crippen LogP contribution in [-0.4, -0.2) is 30.9 Å². The summed E-state index contributed by atoms with van der Waals surface area (Å²) in [4.78, 5) is 12.1. The standard InChI is InChI=1S/C23H22BrNO4S/c1-25(16-18-8-4-2-5-9-18)30(27,28)23-14-20(21(26)15-24)12-13-22(23)29-17-19-10-6-3-7-11-19/h2-14H,15-17H2,1H3. The molecule has 0 aromatic heterocycles. The van der Waals surface area contributed by atoms with Gasteiger partial charge in [0, 0.05) is 19.2 Å². The van der Waals surface area contributed by atoms with Crippen LogP contribution in [0.25, 0.3) is 0 Å². The van der Waals surface area contributed by atoms with Crippen LogP contribution in [-0.2, 0) is 23.2 Å². The highest BCUT2D eigenvalue weighted by molar-refractivity contribution is 9.09. The zero-order valence-electron chi connectivity index (χ0n) is 16.5. The molecule has 0 fully saturated rings. The quantitative estimate of drug-likeness (QED) is 0.325. The Morgan fingerprint density at radius 2 is 1.53 bits per heavy atom. The lowest BCUT2D eigenvalue weighted by molar-refractivity contribution is 0.102. The number of hydrogen-bond donors (Lipinski definition) is 0. The summed E-state index contributed by atoms with van der Waals surface area (Å²) in [7, 11) is -2.38. The van der Waals surface area contributed by atoms with Crippen molar-refractivity contribution in [2.24, 2.45) is 0 Å². The first-order chi connectivity index (χ1) is 14.4.